The minimum absolute atomic E-state index is 0.0224. The molecular weight excluding hydrogens is 275 g/mol. The van der Waals surface area contributed by atoms with E-state index in [2.05, 4.69) is 0 Å². The van der Waals surface area contributed by atoms with Gasteiger partial charge in [-0.25, -0.2) is 4.79 Å². The number of aromatic carboxylic acids is 1. The molecule has 0 bridgehead atoms. The number of carboxylic acid groups (broad SMARTS) is 1. The highest BCUT2D eigenvalue weighted by Crippen LogP contribution is 2.29. The summed E-state index contributed by atoms with van der Waals surface area (Å²) in [7, 11) is 0. The molecule has 0 saturated heterocycles. The van der Waals surface area contributed by atoms with Crippen LogP contribution in [0.4, 0.5) is 13.2 Å². The van der Waals surface area contributed by atoms with Crippen molar-refractivity contribution >= 4 is 5.97 Å². The molecule has 0 atom stereocenters. The number of aromatic amines is 1. The number of hydrogen-bond acceptors (Lipinski definition) is 2. The lowest BCUT2D eigenvalue weighted by Crippen LogP contribution is -2.20. The molecule has 7 heteroatoms. The predicted octanol–water partition coefficient (Wildman–Crippen LogP) is 2.76. The van der Waals surface area contributed by atoms with Gasteiger partial charge in [0.25, 0.3) is 5.56 Å². The lowest BCUT2D eigenvalue weighted by Gasteiger charge is -2.08. The van der Waals surface area contributed by atoms with Gasteiger partial charge >= 0.3 is 12.1 Å². The molecule has 0 aliphatic carbocycles. The highest BCUT2D eigenvalue weighted by molar-refractivity contribution is 5.88. The van der Waals surface area contributed by atoms with Gasteiger partial charge in [-0.15, -0.1) is 0 Å². The molecule has 0 amide bonds. The largest absolute Gasteiger partial charge is 0.478 e. The van der Waals surface area contributed by atoms with E-state index in [1.54, 1.807) is 0 Å². The van der Waals surface area contributed by atoms with Crippen LogP contribution in [0.1, 0.15) is 15.9 Å². The Morgan fingerprint density at radius 3 is 2.20 bits per heavy atom. The summed E-state index contributed by atoms with van der Waals surface area (Å²) in [4.78, 5) is 23.8. The molecule has 20 heavy (non-hydrogen) atoms. The van der Waals surface area contributed by atoms with Crippen LogP contribution in [0.15, 0.2) is 41.3 Å². The molecule has 0 aliphatic rings. The van der Waals surface area contributed by atoms with Crippen LogP contribution in [-0.2, 0) is 6.18 Å². The van der Waals surface area contributed by atoms with Crippen molar-refractivity contribution in [3.8, 4) is 11.1 Å². The van der Waals surface area contributed by atoms with E-state index in [-0.39, 0.29) is 11.1 Å². The number of aromatic nitrogens is 1. The number of hydrogen-bond donors (Lipinski definition) is 2. The van der Waals surface area contributed by atoms with Crippen LogP contribution >= 0.6 is 0 Å². The summed E-state index contributed by atoms with van der Waals surface area (Å²) in [5.74, 6) is -1.13. The van der Waals surface area contributed by atoms with Crippen LogP contribution in [-0.4, -0.2) is 16.1 Å². The standard InChI is InChI=1S/C13H8F3NO3/c14-13(15,16)10-5-9(6-17-11(10)18)7-1-3-8(4-2-7)12(19)20/h1-6H,(H,17,18)(H,19,20). The summed E-state index contributed by atoms with van der Waals surface area (Å²) in [6.45, 7) is 0. The fraction of sp³-hybridized carbons (Fsp3) is 0.0769. The van der Waals surface area contributed by atoms with Crippen molar-refractivity contribution in [2.24, 2.45) is 0 Å². The van der Waals surface area contributed by atoms with Crippen LogP contribution in [0.25, 0.3) is 11.1 Å². The Balaban J connectivity index is 2.48. The van der Waals surface area contributed by atoms with Gasteiger partial charge in [0.15, 0.2) is 0 Å². The number of carbonyl (C=O) groups is 1. The Kier molecular flexibility index (Phi) is 3.35. The maximum atomic E-state index is 12.6. The second-order valence-corrected chi connectivity index (χ2v) is 4.01. The molecule has 0 unspecified atom stereocenters. The predicted molar refractivity (Wildman–Crippen MR) is 64.5 cm³/mol. The maximum absolute atomic E-state index is 12.6. The number of nitrogens with one attached hydrogen (secondary N) is 1. The number of benzene rings is 1. The van der Waals surface area contributed by atoms with Gasteiger partial charge in [0.1, 0.15) is 5.56 Å². The lowest BCUT2D eigenvalue weighted by atomic mass is 10.0. The van der Waals surface area contributed by atoms with Gasteiger partial charge in [0.05, 0.1) is 5.56 Å². The minimum atomic E-state index is -4.75. The van der Waals surface area contributed by atoms with Crippen LogP contribution < -0.4 is 5.56 Å². The number of carboxylic acids is 1. The van der Waals surface area contributed by atoms with Crippen molar-refractivity contribution in [3.63, 3.8) is 0 Å². The molecule has 2 rings (SSSR count). The van der Waals surface area contributed by atoms with Crippen LogP contribution in [0.5, 0.6) is 0 Å². The summed E-state index contributed by atoms with van der Waals surface area (Å²) in [6, 6.07) is 6.02. The Labute approximate surface area is 110 Å². The second kappa shape index (κ2) is 4.84. The SMILES string of the molecule is O=C(O)c1ccc(-c2c[nH]c(=O)c(C(F)(F)F)c2)cc1. The molecule has 0 saturated carbocycles. The third-order valence-electron chi connectivity index (χ3n) is 2.67. The fourth-order valence-electron chi connectivity index (χ4n) is 1.67. The third-order valence-corrected chi connectivity index (χ3v) is 2.67. The van der Waals surface area contributed by atoms with Gasteiger partial charge in [0, 0.05) is 6.20 Å². The number of alkyl halides is 3. The van der Waals surface area contributed by atoms with Gasteiger partial charge in [-0.3, -0.25) is 4.79 Å². The molecule has 1 aromatic carbocycles. The normalized spacial score (nSPS) is 11.3. The van der Waals surface area contributed by atoms with Crippen LogP contribution in [0, 0.1) is 0 Å². The highest BCUT2D eigenvalue weighted by Gasteiger charge is 2.34. The molecule has 0 fully saturated rings. The molecular formula is C13H8F3NO3. The van der Waals surface area contributed by atoms with Gasteiger partial charge in [0.2, 0.25) is 0 Å². The molecule has 1 aromatic heterocycles. The zero-order chi connectivity index (χ0) is 14.9. The number of H-pyrrole nitrogens is 1. The quantitative estimate of drug-likeness (QED) is 0.890. The Hall–Kier alpha value is -2.57. The molecule has 0 radical (unpaired) electrons. The molecule has 1 heterocycles. The van der Waals surface area contributed by atoms with E-state index in [1.807, 2.05) is 4.98 Å². The Bertz CT molecular complexity index is 702. The molecule has 104 valence electrons. The van der Waals surface area contributed by atoms with E-state index in [9.17, 15) is 22.8 Å². The first-order valence-electron chi connectivity index (χ1n) is 5.42. The van der Waals surface area contributed by atoms with E-state index >= 15 is 0 Å². The van der Waals surface area contributed by atoms with E-state index in [0.717, 1.165) is 12.3 Å². The Morgan fingerprint density at radius 1 is 1.10 bits per heavy atom. The topological polar surface area (TPSA) is 70.2 Å². The van der Waals surface area contributed by atoms with Gasteiger partial charge in [-0.2, -0.15) is 13.2 Å². The van der Waals surface area contributed by atoms with Crippen molar-refractivity contribution < 1.29 is 23.1 Å². The van der Waals surface area contributed by atoms with Crippen molar-refractivity contribution in [2.75, 3.05) is 0 Å². The fourth-order valence-corrected chi connectivity index (χ4v) is 1.67. The zero-order valence-corrected chi connectivity index (χ0v) is 9.86. The first-order chi connectivity index (χ1) is 9.29. The summed E-state index contributed by atoms with van der Waals surface area (Å²) in [6.07, 6.45) is -3.60. The first-order valence-corrected chi connectivity index (χ1v) is 5.42. The molecule has 0 aliphatic heterocycles. The third kappa shape index (κ3) is 2.71. The van der Waals surface area contributed by atoms with Crippen molar-refractivity contribution in [1.29, 1.82) is 0 Å². The van der Waals surface area contributed by atoms with E-state index < -0.39 is 23.3 Å². The maximum Gasteiger partial charge on any atom is 0.421 e. The Morgan fingerprint density at radius 2 is 1.70 bits per heavy atom. The van der Waals surface area contributed by atoms with E-state index in [1.165, 1.54) is 24.3 Å². The molecule has 4 nitrogen and oxygen atoms in total. The molecule has 2 N–H and O–H groups in total. The second-order valence-electron chi connectivity index (χ2n) is 4.01. The van der Waals surface area contributed by atoms with Crippen molar-refractivity contribution in [2.45, 2.75) is 6.18 Å². The smallest absolute Gasteiger partial charge is 0.421 e. The zero-order valence-electron chi connectivity index (χ0n) is 9.86. The highest BCUT2D eigenvalue weighted by atomic mass is 19.4. The molecule has 2 aromatic rings. The average molecular weight is 283 g/mol. The first kappa shape index (κ1) is 13.9. The summed E-state index contributed by atoms with van der Waals surface area (Å²) < 4.78 is 37.9. The molecule has 0 spiro atoms. The van der Waals surface area contributed by atoms with Gasteiger partial charge < -0.3 is 10.1 Å². The summed E-state index contributed by atoms with van der Waals surface area (Å²) in [5, 5.41) is 8.74. The average Bonchev–Trinajstić information content (AvgIpc) is 2.38. The number of rotatable bonds is 2. The van der Waals surface area contributed by atoms with E-state index in [0.29, 0.717) is 5.56 Å². The summed E-state index contributed by atoms with van der Waals surface area (Å²) in [5.41, 5.74) is -1.97. The summed E-state index contributed by atoms with van der Waals surface area (Å²) >= 11 is 0. The monoisotopic (exact) mass is 283 g/mol. The van der Waals surface area contributed by atoms with E-state index in [4.69, 9.17) is 5.11 Å². The van der Waals surface area contributed by atoms with Crippen molar-refractivity contribution in [1.82, 2.24) is 4.98 Å². The number of pyridine rings is 1. The lowest BCUT2D eigenvalue weighted by molar-refractivity contribution is -0.138. The van der Waals surface area contributed by atoms with Gasteiger partial charge in [-0.05, 0) is 29.3 Å². The van der Waals surface area contributed by atoms with Crippen LogP contribution in [0.2, 0.25) is 0 Å². The van der Waals surface area contributed by atoms with Crippen molar-refractivity contribution in [3.05, 3.63) is 58.0 Å². The van der Waals surface area contributed by atoms with Crippen LogP contribution in [0.3, 0.4) is 0 Å². The minimum Gasteiger partial charge on any atom is -0.478 e. The van der Waals surface area contributed by atoms with Gasteiger partial charge in [-0.1, -0.05) is 12.1 Å². The number of halogens is 3.